The van der Waals surface area contributed by atoms with Crippen molar-refractivity contribution in [3.05, 3.63) is 22.9 Å². The van der Waals surface area contributed by atoms with E-state index >= 15 is 0 Å². The number of hydrogen-bond acceptors (Lipinski definition) is 5. The number of carbonyl (C=O) groups excluding carboxylic acids is 1. The Morgan fingerprint density at radius 2 is 1.83 bits per heavy atom. The van der Waals surface area contributed by atoms with Crippen molar-refractivity contribution in [3.8, 4) is 6.07 Å². The molecule has 0 spiro atoms. The van der Waals surface area contributed by atoms with Crippen molar-refractivity contribution in [2.45, 2.75) is 26.7 Å². The number of piperazine rings is 1. The summed E-state index contributed by atoms with van der Waals surface area (Å²) in [6, 6.07) is 4.24. The molecule has 1 aromatic heterocycles. The molecule has 0 aromatic carbocycles. The minimum absolute atomic E-state index is 0.253. The lowest BCUT2D eigenvalue weighted by molar-refractivity contribution is -0.131. The number of anilines is 1. The Morgan fingerprint density at radius 1 is 1.17 bits per heavy atom. The summed E-state index contributed by atoms with van der Waals surface area (Å²) < 4.78 is 0. The summed E-state index contributed by atoms with van der Waals surface area (Å²) in [7, 11) is 0. The number of aryl methyl sites for hydroxylation is 2. The molecule has 0 radical (unpaired) electrons. The molecule has 1 amide bonds. The van der Waals surface area contributed by atoms with Gasteiger partial charge in [-0.15, -0.1) is 0 Å². The van der Waals surface area contributed by atoms with Crippen LogP contribution in [0.2, 0.25) is 0 Å². The number of likely N-dealkylation sites (tertiary alicyclic amines) is 1. The molecule has 2 fully saturated rings. The Balaban J connectivity index is 1.61. The maximum absolute atomic E-state index is 12.3. The summed E-state index contributed by atoms with van der Waals surface area (Å²) >= 11 is 0. The van der Waals surface area contributed by atoms with Crippen LogP contribution in [-0.4, -0.2) is 66.5 Å². The third-order valence-corrected chi connectivity index (χ3v) is 4.93. The standard InChI is InChI=1S/C18H25N5O/c1-14-11-15(2)20-18(16(14)12-19)23-9-7-21(8-10-23)13-17(24)22-5-3-4-6-22/h11H,3-10,13H2,1-2H3. The van der Waals surface area contributed by atoms with Crippen LogP contribution < -0.4 is 4.90 Å². The van der Waals surface area contributed by atoms with E-state index in [2.05, 4.69) is 20.9 Å². The predicted molar refractivity (Wildman–Crippen MR) is 92.9 cm³/mol. The van der Waals surface area contributed by atoms with Gasteiger partial charge in [0.2, 0.25) is 5.91 Å². The minimum Gasteiger partial charge on any atom is -0.353 e. The van der Waals surface area contributed by atoms with Crippen molar-refractivity contribution in [2.24, 2.45) is 0 Å². The number of aromatic nitrogens is 1. The highest BCUT2D eigenvalue weighted by atomic mass is 16.2. The fourth-order valence-electron chi connectivity index (χ4n) is 3.56. The van der Waals surface area contributed by atoms with E-state index in [1.165, 1.54) is 0 Å². The van der Waals surface area contributed by atoms with Crippen LogP contribution in [0, 0.1) is 25.2 Å². The van der Waals surface area contributed by atoms with Crippen LogP contribution in [0.1, 0.15) is 29.7 Å². The summed E-state index contributed by atoms with van der Waals surface area (Å²) in [5.41, 5.74) is 2.59. The maximum atomic E-state index is 12.3. The van der Waals surface area contributed by atoms with Gasteiger partial charge in [-0.2, -0.15) is 5.26 Å². The fraction of sp³-hybridized carbons (Fsp3) is 0.611. The summed E-state index contributed by atoms with van der Waals surface area (Å²) in [5, 5.41) is 9.44. The first-order valence-corrected chi connectivity index (χ1v) is 8.72. The number of carbonyl (C=O) groups is 1. The molecule has 3 rings (SSSR count). The third kappa shape index (κ3) is 3.51. The molecule has 6 nitrogen and oxygen atoms in total. The smallest absolute Gasteiger partial charge is 0.236 e. The van der Waals surface area contributed by atoms with E-state index in [0.29, 0.717) is 12.1 Å². The highest BCUT2D eigenvalue weighted by Crippen LogP contribution is 2.23. The average Bonchev–Trinajstić information content (AvgIpc) is 3.09. The Bertz CT molecular complexity index is 652. The first-order valence-electron chi connectivity index (χ1n) is 8.72. The van der Waals surface area contributed by atoms with Gasteiger partial charge in [-0.05, 0) is 38.3 Å². The zero-order valence-corrected chi connectivity index (χ0v) is 14.6. The number of amides is 1. The van der Waals surface area contributed by atoms with E-state index in [9.17, 15) is 10.1 Å². The molecule has 1 aromatic rings. The molecule has 6 heteroatoms. The number of rotatable bonds is 3. The van der Waals surface area contributed by atoms with E-state index in [1.807, 2.05) is 24.8 Å². The molecule has 0 N–H and O–H groups in total. The molecule has 24 heavy (non-hydrogen) atoms. The van der Waals surface area contributed by atoms with Crippen LogP contribution in [0.15, 0.2) is 6.07 Å². The van der Waals surface area contributed by atoms with Gasteiger partial charge >= 0.3 is 0 Å². The quantitative estimate of drug-likeness (QED) is 0.838. The SMILES string of the molecule is Cc1cc(C)c(C#N)c(N2CCN(CC(=O)N3CCCC3)CC2)n1. The van der Waals surface area contributed by atoms with Gasteiger partial charge in [-0.3, -0.25) is 9.69 Å². The lowest BCUT2D eigenvalue weighted by atomic mass is 10.1. The van der Waals surface area contributed by atoms with Crippen molar-refractivity contribution in [1.29, 1.82) is 5.26 Å². The topological polar surface area (TPSA) is 63.5 Å². The Morgan fingerprint density at radius 3 is 2.46 bits per heavy atom. The van der Waals surface area contributed by atoms with Gasteiger partial charge in [0.1, 0.15) is 11.9 Å². The minimum atomic E-state index is 0.253. The lowest BCUT2D eigenvalue weighted by Crippen LogP contribution is -2.50. The van der Waals surface area contributed by atoms with E-state index in [-0.39, 0.29) is 5.91 Å². The zero-order chi connectivity index (χ0) is 17.1. The second-order valence-electron chi connectivity index (χ2n) is 6.74. The predicted octanol–water partition coefficient (Wildman–Crippen LogP) is 1.31. The van der Waals surface area contributed by atoms with Gasteiger partial charge < -0.3 is 9.80 Å². The van der Waals surface area contributed by atoms with Crippen LogP contribution in [0.25, 0.3) is 0 Å². The van der Waals surface area contributed by atoms with Crippen LogP contribution in [0.4, 0.5) is 5.82 Å². The molecule has 0 aliphatic carbocycles. The fourth-order valence-corrected chi connectivity index (χ4v) is 3.56. The Kier molecular flexibility index (Phi) is 5.00. The number of pyridine rings is 1. The molecule has 128 valence electrons. The van der Waals surface area contributed by atoms with Crippen molar-refractivity contribution < 1.29 is 4.79 Å². The van der Waals surface area contributed by atoms with Crippen LogP contribution in [-0.2, 0) is 4.79 Å². The highest BCUT2D eigenvalue weighted by molar-refractivity contribution is 5.78. The van der Waals surface area contributed by atoms with Crippen LogP contribution in [0.3, 0.4) is 0 Å². The van der Waals surface area contributed by atoms with E-state index in [0.717, 1.165) is 69.2 Å². The van der Waals surface area contributed by atoms with Crippen molar-refractivity contribution in [3.63, 3.8) is 0 Å². The normalized spacial score (nSPS) is 18.7. The Hall–Kier alpha value is -2.13. The molecule has 2 aliphatic heterocycles. The van der Waals surface area contributed by atoms with Gasteiger partial charge in [-0.25, -0.2) is 4.98 Å². The molecule has 3 heterocycles. The Labute approximate surface area is 143 Å². The number of hydrogen-bond donors (Lipinski definition) is 0. The van der Waals surface area contributed by atoms with Gasteiger partial charge in [0.15, 0.2) is 0 Å². The summed E-state index contributed by atoms with van der Waals surface area (Å²) in [6.07, 6.45) is 2.27. The molecular weight excluding hydrogens is 302 g/mol. The highest BCUT2D eigenvalue weighted by Gasteiger charge is 2.25. The van der Waals surface area contributed by atoms with Gasteiger partial charge in [0.25, 0.3) is 0 Å². The van der Waals surface area contributed by atoms with Gasteiger partial charge in [-0.1, -0.05) is 0 Å². The molecule has 0 bridgehead atoms. The van der Waals surface area contributed by atoms with E-state index in [1.54, 1.807) is 0 Å². The maximum Gasteiger partial charge on any atom is 0.236 e. The largest absolute Gasteiger partial charge is 0.353 e. The summed E-state index contributed by atoms with van der Waals surface area (Å²) in [4.78, 5) is 23.2. The first kappa shape index (κ1) is 16.7. The molecule has 0 unspecified atom stereocenters. The second-order valence-corrected chi connectivity index (χ2v) is 6.74. The monoisotopic (exact) mass is 327 g/mol. The first-order chi connectivity index (χ1) is 11.6. The molecule has 0 saturated carbocycles. The summed E-state index contributed by atoms with van der Waals surface area (Å²) in [6.45, 7) is 9.53. The van der Waals surface area contributed by atoms with E-state index in [4.69, 9.17) is 0 Å². The average molecular weight is 327 g/mol. The van der Waals surface area contributed by atoms with E-state index < -0.39 is 0 Å². The van der Waals surface area contributed by atoms with Crippen molar-refractivity contribution in [2.75, 3.05) is 50.7 Å². The lowest BCUT2D eigenvalue weighted by Gasteiger charge is -2.36. The molecule has 2 aliphatic rings. The number of nitrogens with zero attached hydrogens (tertiary/aromatic N) is 5. The van der Waals surface area contributed by atoms with Gasteiger partial charge in [0.05, 0.1) is 12.1 Å². The number of nitriles is 1. The second kappa shape index (κ2) is 7.18. The van der Waals surface area contributed by atoms with Crippen LogP contribution in [0.5, 0.6) is 0 Å². The van der Waals surface area contributed by atoms with Gasteiger partial charge in [0, 0.05) is 45.0 Å². The molecular formula is C18H25N5O. The van der Waals surface area contributed by atoms with Crippen molar-refractivity contribution in [1.82, 2.24) is 14.8 Å². The zero-order valence-electron chi connectivity index (χ0n) is 14.6. The summed E-state index contributed by atoms with van der Waals surface area (Å²) in [5.74, 6) is 1.05. The molecule has 0 atom stereocenters. The third-order valence-electron chi connectivity index (χ3n) is 4.93. The van der Waals surface area contributed by atoms with Crippen LogP contribution >= 0.6 is 0 Å². The molecule has 2 saturated heterocycles. The van der Waals surface area contributed by atoms with Crippen molar-refractivity contribution >= 4 is 11.7 Å².